The van der Waals surface area contributed by atoms with Crippen molar-refractivity contribution in [1.82, 2.24) is 4.98 Å². The Bertz CT molecular complexity index is 599. The second-order valence-corrected chi connectivity index (χ2v) is 3.34. The van der Waals surface area contributed by atoms with Gasteiger partial charge >= 0.3 is 5.97 Å². The Kier molecular flexibility index (Phi) is 1.48. The van der Waals surface area contributed by atoms with E-state index in [0.29, 0.717) is 11.1 Å². The molecule has 1 aromatic carbocycles. The van der Waals surface area contributed by atoms with Crippen molar-refractivity contribution in [2.75, 3.05) is 0 Å². The summed E-state index contributed by atoms with van der Waals surface area (Å²) >= 11 is 0. The molecule has 0 amide bonds. The van der Waals surface area contributed by atoms with Crippen molar-refractivity contribution in [1.29, 1.82) is 1.43 Å². The van der Waals surface area contributed by atoms with Crippen LogP contribution in [-0.2, 0) is 11.2 Å². The fourth-order valence-corrected chi connectivity index (χ4v) is 1.53. The third-order valence-corrected chi connectivity index (χ3v) is 2.29. The molecule has 0 aliphatic rings. The molecule has 0 bridgehead atoms. The summed E-state index contributed by atoms with van der Waals surface area (Å²) in [6.45, 7) is 0. The molecule has 1 heterocycles. The van der Waals surface area contributed by atoms with E-state index < -0.39 is 12.0 Å². The highest BCUT2D eigenvalue weighted by Crippen LogP contribution is 2.18. The third-order valence-electron chi connectivity index (χ3n) is 2.29. The maximum atomic E-state index is 11.4. The van der Waals surface area contributed by atoms with Gasteiger partial charge in [0.15, 0.2) is 1.41 Å². The normalized spacial score (nSPS) is 16.6. The number of H-pyrrole nitrogens is 1. The summed E-state index contributed by atoms with van der Waals surface area (Å²) in [5, 5.41) is 4.62. The van der Waals surface area contributed by atoms with Gasteiger partial charge in [0.05, 0.1) is 0 Å². The molecule has 0 saturated heterocycles. The van der Waals surface area contributed by atoms with Crippen LogP contribution in [0, 0.1) is 0 Å². The Balaban J connectivity index is 2.37. The van der Waals surface area contributed by atoms with Gasteiger partial charge in [-0.15, -0.1) is 0 Å². The van der Waals surface area contributed by atoms with Gasteiger partial charge in [-0.05, 0) is 11.6 Å². The number of hydrogen-bond acceptors (Lipinski definition) is 3. The van der Waals surface area contributed by atoms with Gasteiger partial charge in [-0.3, -0.25) is 4.79 Å². The number of carboxylic acid groups (broad SMARTS) is 1. The van der Waals surface area contributed by atoms with Gasteiger partial charge in [-0.2, -0.15) is 0 Å². The average Bonchev–Trinajstić information content (AvgIpc) is 2.72. The van der Waals surface area contributed by atoms with Crippen LogP contribution < -0.4 is 5.72 Å². The summed E-state index contributed by atoms with van der Waals surface area (Å²) in [5.41, 5.74) is 1.55. The molecule has 4 heteroatoms. The number of aromatic nitrogens is 1. The zero-order valence-electron chi connectivity index (χ0n) is 11.9. The highest BCUT2D eigenvalue weighted by molar-refractivity contribution is 5.84. The molecule has 15 heavy (non-hydrogen) atoms. The van der Waals surface area contributed by atoms with Crippen molar-refractivity contribution in [2.24, 2.45) is 5.72 Å². The fraction of sp³-hybridized carbons (Fsp3) is 0.182. The maximum absolute atomic E-state index is 11.4. The zero-order chi connectivity index (χ0) is 14.0. The van der Waals surface area contributed by atoms with Crippen LogP contribution in [0.2, 0.25) is 4.24 Å². The molecule has 0 radical (unpaired) electrons. The van der Waals surface area contributed by atoms with Gasteiger partial charge in [0.1, 0.15) is 8.87 Å². The molecule has 4 N–H and O–H groups in total. The molecule has 0 unspecified atom stereocenters. The van der Waals surface area contributed by atoms with Crippen LogP contribution in [0.5, 0.6) is 0 Å². The van der Waals surface area contributed by atoms with E-state index in [1.807, 2.05) is 6.07 Å². The van der Waals surface area contributed by atoms with Crippen LogP contribution in [0.15, 0.2) is 30.5 Å². The zero-order valence-corrected chi connectivity index (χ0v) is 7.88. The minimum atomic E-state index is -1.19. The summed E-state index contributed by atoms with van der Waals surface area (Å²) in [6.07, 6.45) is 1.56. The predicted octanol–water partition coefficient (Wildman–Crippen LogP) is 1.12. The molecule has 0 saturated carbocycles. The van der Waals surface area contributed by atoms with E-state index in [4.69, 9.17) is 5.67 Å². The summed E-state index contributed by atoms with van der Waals surface area (Å²) in [4.78, 5) is 12.5. The highest BCUT2D eigenvalue weighted by atomic mass is 16.4. The number of benzene rings is 1. The first-order valence-electron chi connectivity index (χ1n) is 6.31. The van der Waals surface area contributed by atoms with E-state index >= 15 is 0 Å². The molecule has 4 nitrogen and oxygen atoms in total. The standard InChI is InChI=1S/C11H12N2O2/c12-9(11(14)15)5-7-6-13-10-4-2-1-3-8(7)10/h1-4,6,9,13H,5,12H2,(H,14,15)/t9-/m0/s1/i/hD4. The van der Waals surface area contributed by atoms with Gasteiger partial charge in [-0.1, -0.05) is 18.2 Å². The van der Waals surface area contributed by atoms with Gasteiger partial charge in [-0.25, -0.2) is 0 Å². The van der Waals surface area contributed by atoms with E-state index in [2.05, 4.69) is 5.11 Å². The Labute approximate surface area is 92.6 Å². The first-order valence-corrected chi connectivity index (χ1v) is 4.56. The van der Waals surface area contributed by atoms with Crippen LogP contribution in [0.25, 0.3) is 12.3 Å². The van der Waals surface area contributed by atoms with Crippen molar-refractivity contribution >= 4 is 16.9 Å². The van der Waals surface area contributed by atoms with Gasteiger partial charge in [0.25, 0.3) is 1.43 Å². The topological polar surface area (TPSA) is 79.1 Å². The Hall–Kier alpha value is -1.81. The molecular weight excluding hydrogens is 192 g/mol. The summed E-state index contributed by atoms with van der Waals surface area (Å²) < 4.78 is 28.7. The lowest BCUT2D eigenvalue weighted by Gasteiger charge is -2.04. The van der Waals surface area contributed by atoms with Crippen LogP contribution in [0.3, 0.4) is 0 Å². The molecule has 78 valence electrons. The number of aromatic amines is 1. The van der Waals surface area contributed by atoms with Crippen molar-refractivity contribution in [2.45, 2.75) is 12.5 Å². The monoisotopic (exact) mass is 208 g/mol. The first kappa shape index (κ1) is 5.92. The van der Waals surface area contributed by atoms with E-state index in [0.717, 1.165) is 5.39 Å². The Morgan fingerprint density at radius 1 is 1.73 bits per heavy atom. The predicted molar refractivity (Wildman–Crippen MR) is 57.6 cm³/mol. The molecule has 0 aliphatic carbocycles. The summed E-state index contributed by atoms with van der Waals surface area (Å²) in [5.74, 6) is -0.966. The van der Waals surface area contributed by atoms with Crippen LogP contribution in [0.4, 0.5) is 0 Å². The molecule has 1 atom stereocenters. The van der Waals surface area contributed by atoms with Crippen molar-refractivity contribution in [3.63, 3.8) is 0 Å². The molecule has 0 fully saturated rings. The van der Waals surface area contributed by atoms with Crippen molar-refractivity contribution in [3.05, 3.63) is 36.0 Å². The van der Waals surface area contributed by atoms with Gasteiger partial charge in [0.2, 0.25) is 0 Å². The van der Waals surface area contributed by atoms with Crippen molar-refractivity contribution < 1.29 is 14.1 Å². The van der Waals surface area contributed by atoms with E-state index in [1.165, 1.54) is 11.2 Å². The van der Waals surface area contributed by atoms with Crippen LogP contribution in [0.1, 0.15) is 5.56 Å². The summed E-state index contributed by atoms with van der Waals surface area (Å²) in [6, 6.07) is 5.99. The Morgan fingerprint density at radius 3 is 3.40 bits per heavy atom. The van der Waals surface area contributed by atoms with Crippen LogP contribution in [-0.4, -0.2) is 22.1 Å². The number of carbonyl (C=O) groups is 1. The molecular formula is C11H12N2O2. The first-order chi connectivity index (χ1) is 9.04. The van der Waals surface area contributed by atoms with Gasteiger partial charge in [0, 0.05) is 23.5 Å². The number of para-hydroxylation sites is 1. The van der Waals surface area contributed by atoms with E-state index in [9.17, 15) is 4.79 Å². The van der Waals surface area contributed by atoms with E-state index in [1.54, 1.807) is 18.2 Å². The third kappa shape index (κ3) is 1.85. The van der Waals surface area contributed by atoms with Gasteiger partial charge < -0.3 is 15.8 Å². The fourth-order valence-electron chi connectivity index (χ4n) is 1.53. The lowest BCUT2D eigenvalue weighted by molar-refractivity contribution is -0.138. The lowest BCUT2D eigenvalue weighted by atomic mass is 10.1. The smallest absolute Gasteiger partial charge is 0.320 e. The average molecular weight is 208 g/mol. The summed E-state index contributed by atoms with van der Waals surface area (Å²) in [7, 11) is 0. The molecule has 0 spiro atoms. The second-order valence-electron chi connectivity index (χ2n) is 3.34. The number of carboxylic acids is 1. The number of rotatable bonds is 4. The second kappa shape index (κ2) is 3.74. The minimum Gasteiger partial charge on any atom is -0.480 e. The minimum absolute atomic E-state index is 0.0388. The SMILES string of the molecule is [2H]OC(=O)[C@H](Cc1cn([2H])c2ccccc12)N([2H])[2H]. The molecule has 1 aromatic heterocycles. The number of nitrogens with two attached hydrogens (primary N) is 1. The highest BCUT2D eigenvalue weighted by Gasteiger charge is 2.14. The van der Waals surface area contributed by atoms with Crippen molar-refractivity contribution in [3.8, 4) is 0 Å². The molecule has 2 aromatic rings. The number of nitrogens with one attached hydrogen (secondary N) is 1. The lowest BCUT2D eigenvalue weighted by Crippen LogP contribution is -2.32. The van der Waals surface area contributed by atoms with E-state index in [-0.39, 0.29) is 12.1 Å². The van der Waals surface area contributed by atoms with Crippen LogP contribution >= 0.6 is 0 Å². The molecule has 2 rings (SSSR count). The molecule has 0 aliphatic heterocycles. The quantitative estimate of drug-likeness (QED) is 0.704. The Morgan fingerprint density at radius 2 is 2.60 bits per heavy atom. The number of aliphatic carboxylic acids is 1. The largest absolute Gasteiger partial charge is 0.480 e. The number of fused-ring (bicyclic) bond motifs is 1. The number of hydrogen-bond donors (Lipinski definition) is 3. The maximum Gasteiger partial charge on any atom is 0.320 e.